The summed E-state index contributed by atoms with van der Waals surface area (Å²) >= 11 is 18.9. The summed E-state index contributed by atoms with van der Waals surface area (Å²) in [4.78, 5) is 51.3. The van der Waals surface area contributed by atoms with E-state index < -0.39 is 29.6 Å². The van der Waals surface area contributed by atoms with Crippen molar-refractivity contribution in [2.24, 2.45) is 0 Å². The van der Waals surface area contributed by atoms with Crippen LogP contribution >= 0.6 is 46.6 Å². The van der Waals surface area contributed by atoms with Crippen LogP contribution in [0.1, 0.15) is 34.8 Å². The molecule has 1 N–H and O–H groups in total. The molecule has 0 bridgehead atoms. The Balaban J connectivity index is 1.35. The number of thioether (sulfide) groups is 1. The quantitative estimate of drug-likeness (QED) is 0.183. The molecule has 8 nitrogen and oxygen atoms in total. The number of hydrogen-bond donors (Lipinski definition) is 1. The molecule has 0 radical (unpaired) electrons. The van der Waals surface area contributed by atoms with Gasteiger partial charge in [-0.2, -0.15) is 0 Å². The molecule has 12 heteroatoms. The highest BCUT2D eigenvalue weighted by molar-refractivity contribution is 8.18. The molecule has 41 heavy (non-hydrogen) atoms. The number of imide groups is 1. The first kappa shape index (κ1) is 30.5. The molecule has 0 spiro atoms. The molecule has 3 aromatic carbocycles. The van der Waals surface area contributed by atoms with Gasteiger partial charge in [-0.1, -0.05) is 59.9 Å². The molecule has 0 aliphatic carbocycles. The van der Waals surface area contributed by atoms with E-state index >= 15 is 0 Å². The Hall–Kier alpha value is -3.50. The molecule has 212 valence electrons. The molecule has 3 amide bonds. The van der Waals surface area contributed by atoms with Crippen molar-refractivity contribution in [3.63, 3.8) is 0 Å². The summed E-state index contributed by atoms with van der Waals surface area (Å²) in [6.45, 7) is 1.84. The van der Waals surface area contributed by atoms with Gasteiger partial charge in [0.25, 0.3) is 11.1 Å². The minimum atomic E-state index is -0.619. The number of rotatable bonds is 10. The number of hydrogen-bond acceptors (Lipinski definition) is 7. The molecule has 0 aromatic heterocycles. The SMILES string of the molecule is CCCOC(=O)c1cc(NC(=O)CN2C(=O)S/C(=C/c3ccc(OCc4ccc(Cl)cc4Cl)cc3)C2=O)ccc1Cl. The molecule has 0 atom stereocenters. The third kappa shape index (κ3) is 8.04. The summed E-state index contributed by atoms with van der Waals surface area (Å²) in [6, 6.07) is 16.4. The van der Waals surface area contributed by atoms with Crippen LogP contribution < -0.4 is 10.1 Å². The van der Waals surface area contributed by atoms with E-state index in [4.69, 9.17) is 44.3 Å². The molecule has 0 unspecified atom stereocenters. The van der Waals surface area contributed by atoms with Crippen LogP contribution in [-0.4, -0.2) is 41.1 Å². The Labute approximate surface area is 255 Å². The Morgan fingerprint density at radius 2 is 1.73 bits per heavy atom. The lowest BCUT2D eigenvalue weighted by atomic mass is 10.2. The molecular formula is C29H23Cl3N2O6S. The van der Waals surface area contributed by atoms with Crippen molar-refractivity contribution in [2.75, 3.05) is 18.5 Å². The van der Waals surface area contributed by atoms with Gasteiger partial charge in [-0.15, -0.1) is 0 Å². The minimum Gasteiger partial charge on any atom is -0.489 e. The molecule has 1 fully saturated rings. The molecular weight excluding hydrogens is 611 g/mol. The predicted molar refractivity (Wildman–Crippen MR) is 161 cm³/mol. The van der Waals surface area contributed by atoms with Crippen molar-refractivity contribution >= 4 is 81.4 Å². The minimum absolute atomic E-state index is 0.0946. The molecule has 1 aliphatic rings. The number of amides is 3. The molecule has 3 aromatic rings. The van der Waals surface area contributed by atoms with E-state index in [1.165, 1.54) is 18.2 Å². The van der Waals surface area contributed by atoms with Gasteiger partial charge < -0.3 is 14.8 Å². The summed E-state index contributed by atoms with van der Waals surface area (Å²) in [5, 5.41) is 3.22. The maximum Gasteiger partial charge on any atom is 0.339 e. The normalized spacial score (nSPS) is 14.0. The van der Waals surface area contributed by atoms with E-state index in [2.05, 4.69) is 5.32 Å². The topological polar surface area (TPSA) is 102 Å². The number of carbonyl (C=O) groups is 4. The second kappa shape index (κ2) is 13.9. The molecule has 1 saturated heterocycles. The zero-order valence-corrected chi connectivity index (χ0v) is 24.7. The predicted octanol–water partition coefficient (Wildman–Crippen LogP) is 7.47. The van der Waals surface area contributed by atoms with Gasteiger partial charge in [0, 0.05) is 21.3 Å². The van der Waals surface area contributed by atoms with Crippen LogP contribution in [0.2, 0.25) is 15.1 Å². The fourth-order valence-electron chi connectivity index (χ4n) is 3.62. The molecule has 4 rings (SSSR count). The van der Waals surface area contributed by atoms with Gasteiger partial charge in [0.05, 0.1) is 22.1 Å². The summed E-state index contributed by atoms with van der Waals surface area (Å²) in [6.07, 6.45) is 2.21. The highest BCUT2D eigenvalue weighted by Gasteiger charge is 2.36. The van der Waals surface area contributed by atoms with Gasteiger partial charge in [-0.05, 0) is 72.3 Å². The van der Waals surface area contributed by atoms with Crippen molar-refractivity contribution in [1.29, 1.82) is 0 Å². The zero-order chi connectivity index (χ0) is 29.5. The molecule has 1 heterocycles. The van der Waals surface area contributed by atoms with Gasteiger partial charge in [-0.3, -0.25) is 19.3 Å². The molecule has 0 saturated carbocycles. The van der Waals surface area contributed by atoms with Crippen molar-refractivity contribution in [1.82, 2.24) is 4.90 Å². The van der Waals surface area contributed by atoms with Gasteiger partial charge in [0.1, 0.15) is 18.9 Å². The number of anilines is 1. The Morgan fingerprint density at radius 3 is 2.44 bits per heavy atom. The van der Waals surface area contributed by atoms with Gasteiger partial charge in [0.2, 0.25) is 5.91 Å². The third-order valence-electron chi connectivity index (χ3n) is 5.67. The highest BCUT2D eigenvalue weighted by atomic mass is 35.5. The highest BCUT2D eigenvalue weighted by Crippen LogP contribution is 2.32. The van der Waals surface area contributed by atoms with E-state index in [-0.39, 0.29) is 34.4 Å². The van der Waals surface area contributed by atoms with Crippen LogP contribution in [0.3, 0.4) is 0 Å². The van der Waals surface area contributed by atoms with Crippen molar-refractivity contribution in [3.8, 4) is 5.75 Å². The smallest absolute Gasteiger partial charge is 0.339 e. The first-order valence-electron chi connectivity index (χ1n) is 12.3. The van der Waals surface area contributed by atoms with E-state index in [0.29, 0.717) is 27.8 Å². The largest absolute Gasteiger partial charge is 0.489 e. The lowest BCUT2D eigenvalue weighted by Gasteiger charge is -2.13. The van der Waals surface area contributed by atoms with Gasteiger partial charge in [0.15, 0.2) is 0 Å². The van der Waals surface area contributed by atoms with Crippen LogP contribution in [-0.2, 0) is 20.9 Å². The summed E-state index contributed by atoms with van der Waals surface area (Å²) in [5.41, 5.74) is 1.81. The lowest BCUT2D eigenvalue weighted by molar-refractivity contribution is -0.127. The standard InChI is InChI=1S/C29H23Cl3N2O6S/c1-2-11-39-28(37)22-14-20(7-10-23(22)31)33-26(35)15-34-27(36)25(41-29(34)38)12-17-3-8-21(9-4-17)40-16-18-5-6-19(30)13-24(18)32/h3-10,12-14H,2,11,15-16H2,1H3,(H,33,35)/b25-12+. The number of ether oxygens (including phenoxy) is 2. The first-order chi connectivity index (χ1) is 19.6. The first-order valence-corrected chi connectivity index (χ1v) is 14.3. The van der Waals surface area contributed by atoms with Crippen molar-refractivity contribution in [2.45, 2.75) is 20.0 Å². The zero-order valence-electron chi connectivity index (χ0n) is 21.6. The van der Waals surface area contributed by atoms with Crippen LogP contribution in [0.5, 0.6) is 5.75 Å². The van der Waals surface area contributed by atoms with E-state index in [9.17, 15) is 19.2 Å². The Kier molecular flexibility index (Phi) is 10.3. The van der Waals surface area contributed by atoms with E-state index in [1.807, 2.05) is 6.92 Å². The summed E-state index contributed by atoms with van der Waals surface area (Å²) in [7, 11) is 0. The lowest BCUT2D eigenvalue weighted by Crippen LogP contribution is -2.36. The average Bonchev–Trinajstić information content (AvgIpc) is 3.20. The van der Waals surface area contributed by atoms with Gasteiger partial charge >= 0.3 is 5.97 Å². The molecule has 1 aliphatic heterocycles. The Morgan fingerprint density at radius 1 is 0.976 bits per heavy atom. The van der Waals surface area contributed by atoms with Gasteiger partial charge in [-0.25, -0.2) is 4.79 Å². The monoisotopic (exact) mass is 632 g/mol. The second-order valence-corrected chi connectivity index (χ2v) is 11.0. The van der Waals surface area contributed by atoms with Crippen LogP contribution in [0.15, 0.2) is 65.6 Å². The maximum absolute atomic E-state index is 12.9. The fourth-order valence-corrected chi connectivity index (χ4v) is 5.12. The van der Waals surface area contributed by atoms with Crippen molar-refractivity contribution in [3.05, 3.63) is 97.3 Å². The Bertz CT molecular complexity index is 1530. The number of carbonyl (C=O) groups excluding carboxylic acids is 4. The summed E-state index contributed by atoms with van der Waals surface area (Å²) in [5.74, 6) is -1.24. The second-order valence-electron chi connectivity index (χ2n) is 8.74. The van der Waals surface area contributed by atoms with Crippen molar-refractivity contribution < 1.29 is 28.7 Å². The summed E-state index contributed by atoms with van der Waals surface area (Å²) < 4.78 is 10.9. The number of nitrogens with zero attached hydrogens (tertiary/aromatic N) is 1. The number of halogens is 3. The van der Waals surface area contributed by atoms with Crippen LogP contribution in [0.25, 0.3) is 6.08 Å². The fraction of sp³-hybridized carbons (Fsp3) is 0.172. The number of benzene rings is 3. The average molecular weight is 634 g/mol. The maximum atomic E-state index is 12.9. The number of esters is 1. The van der Waals surface area contributed by atoms with Crippen LogP contribution in [0, 0.1) is 0 Å². The van der Waals surface area contributed by atoms with E-state index in [1.54, 1.807) is 48.5 Å². The van der Waals surface area contributed by atoms with Crippen LogP contribution in [0.4, 0.5) is 10.5 Å². The van der Waals surface area contributed by atoms with E-state index in [0.717, 1.165) is 22.2 Å². The number of nitrogens with one attached hydrogen (secondary N) is 1. The third-order valence-corrected chi connectivity index (χ3v) is 7.49.